The van der Waals surface area contributed by atoms with Crippen LogP contribution in [0.2, 0.25) is 0 Å². The summed E-state index contributed by atoms with van der Waals surface area (Å²) in [5.74, 6) is -0.130. The van der Waals surface area contributed by atoms with Crippen LogP contribution in [0.1, 0.15) is 27.0 Å². The lowest BCUT2D eigenvalue weighted by Gasteiger charge is -2.07. The van der Waals surface area contributed by atoms with E-state index in [9.17, 15) is 4.79 Å². The normalized spacial score (nSPS) is 10.3. The van der Waals surface area contributed by atoms with E-state index in [-0.39, 0.29) is 12.5 Å². The number of carbonyl (C=O) groups excluding carboxylic acids is 1. The smallest absolute Gasteiger partial charge is 0.251 e. The molecular formula is C16H18N2O2. The molecule has 0 aliphatic heterocycles. The van der Waals surface area contributed by atoms with E-state index in [1.54, 1.807) is 12.1 Å². The van der Waals surface area contributed by atoms with Gasteiger partial charge >= 0.3 is 0 Å². The fourth-order valence-corrected chi connectivity index (χ4v) is 1.96. The van der Waals surface area contributed by atoms with E-state index in [1.807, 2.05) is 36.4 Å². The van der Waals surface area contributed by atoms with Gasteiger partial charge in [-0.25, -0.2) is 0 Å². The van der Waals surface area contributed by atoms with Gasteiger partial charge in [-0.05, 0) is 28.8 Å². The number of benzene rings is 2. The second-order valence-electron chi connectivity index (χ2n) is 4.57. The molecule has 0 saturated carbocycles. The Morgan fingerprint density at radius 3 is 2.50 bits per heavy atom. The van der Waals surface area contributed by atoms with Gasteiger partial charge in [0.15, 0.2) is 0 Å². The minimum absolute atomic E-state index is 0.000329. The molecule has 0 aliphatic rings. The van der Waals surface area contributed by atoms with Crippen molar-refractivity contribution >= 4 is 5.91 Å². The van der Waals surface area contributed by atoms with Crippen molar-refractivity contribution in [2.75, 3.05) is 0 Å². The van der Waals surface area contributed by atoms with Crippen molar-refractivity contribution in [1.29, 1.82) is 0 Å². The molecule has 20 heavy (non-hydrogen) atoms. The molecule has 4 heteroatoms. The monoisotopic (exact) mass is 270 g/mol. The topological polar surface area (TPSA) is 75.4 Å². The molecule has 2 aromatic carbocycles. The molecule has 0 heterocycles. The third kappa shape index (κ3) is 3.66. The standard InChI is InChI=1S/C16H18N2O2/c17-9-12-3-2-6-15(8-12)16(20)18-10-13-4-1-5-14(7-13)11-19/h1-8,19H,9-11,17H2,(H,18,20). The average molecular weight is 270 g/mol. The van der Waals surface area contributed by atoms with Crippen LogP contribution in [0.4, 0.5) is 0 Å². The van der Waals surface area contributed by atoms with Crippen molar-refractivity contribution < 1.29 is 9.90 Å². The molecule has 0 atom stereocenters. The Bertz CT molecular complexity index is 597. The molecule has 0 fully saturated rings. The number of hydrogen-bond acceptors (Lipinski definition) is 3. The molecule has 2 aromatic rings. The minimum atomic E-state index is -0.130. The Morgan fingerprint density at radius 2 is 1.75 bits per heavy atom. The number of aliphatic hydroxyl groups excluding tert-OH is 1. The highest BCUT2D eigenvalue weighted by molar-refractivity contribution is 5.94. The van der Waals surface area contributed by atoms with Crippen LogP contribution in [-0.4, -0.2) is 11.0 Å². The Morgan fingerprint density at radius 1 is 1.05 bits per heavy atom. The molecule has 4 N–H and O–H groups in total. The lowest BCUT2D eigenvalue weighted by atomic mass is 10.1. The zero-order valence-electron chi connectivity index (χ0n) is 11.2. The molecule has 0 bridgehead atoms. The Kier molecular flexibility index (Phi) is 4.87. The third-order valence-corrected chi connectivity index (χ3v) is 3.05. The van der Waals surface area contributed by atoms with E-state index >= 15 is 0 Å². The van der Waals surface area contributed by atoms with Crippen LogP contribution in [0, 0.1) is 0 Å². The van der Waals surface area contributed by atoms with Crippen LogP contribution >= 0.6 is 0 Å². The molecule has 0 unspecified atom stereocenters. The SMILES string of the molecule is NCc1cccc(C(=O)NCc2cccc(CO)c2)c1. The summed E-state index contributed by atoms with van der Waals surface area (Å²) < 4.78 is 0. The average Bonchev–Trinajstić information content (AvgIpc) is 2.52. The number of carbonyl (C=O) groups is 1. The van der Waals surface area contributed by atoms with E-state index in [1.165, 1.54) is 0 Å². The van der Waals surface area contributed by atoms with E-state index in [0.29, 0.717) is 18.7 Å². The number of nitrogens with one attached hydrogen (secondary N) is 1. The maximum atomic E-state index is 12.0. The summed E-state index contributed by atoms with van der Waals surface area (Å²) in [7, 11) is 0. The number of amides is 1. The zero-order valence-corrected chi connectivity index (χ0v) is 11.2. The lowest BCUT2D eigenvalue weighted by Crippen LogP contribution is -2.23. The quantitative estimate of drug-likeness (QED) is 0.772. The van der Waals surface area contributed by atoms with Crippen molar-refractivity contribution in [3.8, 4) is 0 Å². The van der Waals surface area contributed by atoms with Gasteiger partial charge in [-0.1, -0.05) is 36.4 Å². The van der Waals surface area contributed by atoms with E-state index < -0.39 is 0 Å². The predicted molar refractivity (Wildman–Crippen MR) is 77.9 cm³/mol. The van der Waals surface area contributed by atoms with Crippen molar-refractivity contribution in [3.63, 3.8) is 0 Å². The first kappa shape index (κ1) is 14.2. The van der Waals surface area contributed by atoms with Crippen LogP contribution in [0.15, 0.2) is 48.5 Å². The molecule has 0 aliphatic carbocycles. The fourth-order valence-electron chi connectivity index (χ4n) is 1.96. The summed E-state index contributed by atoms with van der Waals surface area (Å²) >= 11 is 0. The first-order valence-corrected chi connectivity index (χ1v) is 6.49. The van der Waals surface area contributed by atoms with Crippen molar-refractivity contribution in [2.24, 2.45) is 5.73 Å². The van der Waals surface area contributed by atoms with Crippen LogP contribution in [0.5, 0.6) is 0 Å². The summed E-state index contributed by atoms with van der Waals surface area (Å²) in [6.45, 7) is 0.847. The Labute approximate surface area is 118 Å². The van der Waals surface area contributed by atoms with Gasteiger partial charge in [0.1, 0.15) is 0 Å². The summed E-state index contributed by atoms with van der Waals surface area (Å²) in [5, 5.41) is 11.9. The van der Waals surface area contributed by atoms with Gasteiger partial charge in [-0.3, -0.25) is 4.79 Å². The van der Waals surface area contributed by atoms with Gasteiger partial charge in [0, 0.05) is 18.7 Å². The zero-order chi connectivity index (χ0) is 14.4. The molecule has 0 radical (unpaired) electrons. The molecule has 4 nitrogen and oxygen atoms in total. The number of hydrogen-bond donors (Lipinski definition) is 3. The van der Waals surface area contributed by atoms with Crippen LogP contribution in [0.25, 0.3) is 0 Å². The van der Waals surface area contributed by atoms with Gasteiger partial charge in [-0.2, -0.15) is 0 Å². The Balaban J connectivity index is 2.00. The van der Waals surface area contributed by atoms with Crippen molar-refractivity contribution in [2.45, 2.75) is 19.7 Å². The second-order valence-corrected chi connectivity index (χ2v) is 4.57. The van der Waals surface area contributed by atoms with Crippen molar-refractivity contribution in [3.05, 3.63) is 70.8 Å². The number of rotatable bonds is 5. The van der Waals surface area contributed by atoms with Crippen LogP contribution in [-0.2, 0) is 19.7 Å². The highest BCUT2D eigenvalue weighted by atomic mass is 16.3. The molecular weight excluding hydrogens is 252 g/mol. The van der Waals surface area contributed by atoms with Gasteiger partial charge in [0.2, 0.25) is 0 Å². The summed E-state index contributed by atoms with van der Waals surface area (Å²) in [4.78, 5) is 12.0. The summed E-state index contributed by atoms with van der Waals surface area (Å²) in [6.07, 6.45) is 0. The summed E-state index contributed by atoms with van der Waals surface area (Å²) in [5.41, 5.74) is 8.89. The first-order chi connectivity index (χ1) is 9.72. The second kappa shape index (κ2) is 6.84. The van der Waals surface area contributed by atoms with Crippen LogP contribution < -0.4 is 11.1 Å². The highest BCUT2D eigenvalue weighted by Gasteiger charge is 2.05. The molecule has 2 rings (SSSR count). The molecule has 104 valence electrons. The van der Waals surface area contributed by atoms with Crippen molar-refractivity contribution in [1.82, 2.24) is 5.32 Å². The highest BCUT2D eigenvalue weighted by Crippen LogP contribution is 2.07. The maximum Gasteiger partial charge on any atom is 0.251 e. The third-order valence-electron chi connectivity index (χ3n) is 3.05. The van der Waals surface area contributed by atoms with E-state index in [0.717, 1.165) is 16.7 Å². The predicted octanol–water partition coefficient (Wildman–Crippen LogP) is 1.57. The molecule has 0 spiro atoms. The van der Waals surface area contributed by atoms with E-state index in [4.69, 9.17) is 10.8 Å². The molecule has 1 amide bonds. The van der Waals surface area contributed by atoms with Gasteiger partial charge in [0.05, 0.1) is 6.61 Å². The molecule has 0 aromatic heterocycles. The van der Waals surface area contributed by atoms with E-state index in [2.05, 4.69) is 5.32 Å². The number of nitrogens with two attached hydrogens (primary N) is 1. The minimum Gasteiger partial charge on any atom is -0.392 e. The largest absolute Gasteiger partial charge is 0.392 e. The fraction of sp³-hybridized carbons (Fsp3) is 0.188. The Hall–Kier alpha value is -2.17. The van der Waals surface area contributed by atoms with Gasteiger partial charge in [-0.15, -0.1) is 0 Å². The first-order valence-electron chi connectivity index (χ1n) is 6.49. The lowest BCUT2D eigenvalue weighted by molar-refractivity contribution is 0.0951. The summed E-state index contributed by atoms with van der Waals surface area (Å²) in [6, 6.07) is 14.8. The number of aliphatic hydroxyl groups is 1. The van der Waals surface area contributed by atoms with Gasteiger partial charge in [0.25, 0.3) is 5.91 Å². The van der Waals surface area contributed by atoms with Gasteiger partial charge < -0.3 is 16.2 Å². The molecule has 0 saturated heterocycles. The maximum absolute atomic E-state index is 12.0. The van der Waals surface area contributed by atoms with Crippen LogP contribution in [0.3, 0.4) is 0 Å².